The second-order valence-electron chi connectivity index (χ2n) is 21.4. The van der Waals surface area contributed by atoms with E-state index in [-0.39, 0.29) is 88.3 Å². The van der Waals surface area contributed by atoms with Gasteiger partial charge in [0.15, 0.2) is 0 Å². The molecule has 648 valence electrons. The first-order chi connectivity index (χ1) is 55.3. The fourth-order valence-corrected chi connectivity index (χ4v) is 13.1. The molecule has 0 bridgehead atoms. The summed E-state index contributed by atoms with van der Waals surface area (Å²) in [5.74, 6) is 0. The maximum absolute atomic E-state index is 10.4. The van der Waals surface area contributed by atoms with Crippen LogP contribution in [0, 0.1) is 0 Å². The van der Waals surface area contributed by atoms with Gasteiger partial charge in [0.1, 0.15) is 10.1 Å². The van der Waals surface area contributed by atoms with Gasteiger partial charge in [0, 0.05) is 0 Å². The fraction of sp³-hybridized carbons (Fsp3) is 0. The Bertz CT molecular complexity index is 5070. The third-order valence-corrected chi connectivity index (χ3v) is 22.9. The molecule has 12 aromatic rings. The van der Waals surface area contributed by atoms with E-state index in [1.54, 1.807) is 206 Å². The molecule has 0 aliphatic carbocycles. The molecule has 0 spiro atoms. The second-order valence-corrected chi connectivity index (χ2v) is 38.5. The van der Waals surface area contributed by atoms with E-state index in [4.69, 9.17) is 50.1 Å². The summed E-state index contributed by atoms with van der Waals surface area (Å²) in [4.78, 5) is -1.000. The summed E-state index contributed by atoms with van der Waals surface area (Å²) in [6, 6.07) is 88.8. The van der Waals surface area contributed by atoms with E-state index in [0.29, 0.717) is 0 Å². The Hall–Kier alpha value is -9.44. The predicted molar refractivity (Wildman–Crippen MR) is 433 cm³/mol. The Morgan fingerprint density at radius 1 is 0.124 bits per heavy atom. The maximum Gasteiger partial charge on any atom is 1.00 e. The molecule has 36 nitrogen and oxygen atoms in total. The van der Waals surface area contributed by atoms with E-state index in [9.17, 15) is 106 Å². The largest absolute Gasteiger partial charge is 1.00 e. The van der Waals surface area contributed by atoms with Crippen LogP contribution < -0.4 is 29.6 Å². The smallest absolute Gasteiger partial charge is 0.744 e. The minimum Gasteiger partial charge on any atom is -0.744 e. The number of benzene rings is 12. The minimum atomic E-state index is -4.25. The van der Waals surface area contributed by atoms with Gasteiger partial charge in [-0.15, -0.1) is 0 Å². The molecule has 0 aromatic heterocycles. The van der Waals surface area contributed by atoms with Crippen molar-refractivity contribution in [2.24, 2.45) is 0 Å². The molecular formula is C72H71NaO36S12. The van der Waals surface area contributed by atoms with Crippen molar-refractivity contribution in [3.8, 4) is 0 Å². The molecule has 0 aliphatic rings. The van der Waals surface area contributed by atoms with Gasteiger partial charge in [-0.25, -0.2) is 8.42 Å². The van der Waals surface area contributed by atoms with Crippen LogP contribution in [-0.2, 0) is 121 Å². The Labute approximate surface area is 722 Å². The van der Waals surface area contributed by atoms with Crippen molar-refractivity contribution >= 4 is 121 Å². The van der Waals surface area contributed by atoms with Crippen LogP contribution in [0.3, 0.4) is 0 Å². The molecule has 121 heavy (non-hydrogen) atoms. The van der Waals surface area contributed by atoms with Crippen molar-refractivity contribution in [2.75, 3.05) is 0 Å². The molecule has 0 unspecified atom stereocenters. The monoisotopic (exact) mass is 1920 g/mol. The van der Waals surface area contributed by atoms with Gasteiger partial charge in [-0.2, -0.15) is 92.6 Å². The SMILES string of the molecule is O=S(=O)(O)c1ccccc1.O=S(=O)(O)c1ccccc1.O=S(=O)(O)c1ccccc1.O=S(=O)(O)c1ccccc1.O=S(=O)(O)c1ccccc1.O=S(=O)(O)c1ccccc1.O=S(=O)(O)c1ccccc1.O=S(=O)(O)c1ccccc1.O=S(=O)(O)c1ccccc1.O=S(=O)(O)c1ccccc1.O=S(=O)(O)c1ccccc1.O=S(=O)([O-])c1ccccc1.[Na+]. The van der Waals surface area contributed by atoms with Gasteiger partial charge in [-0.1, -0.05) is 218 Å². The summed E-state index contributed by atoms with van der Waals surface area (Å²) >= 11 is 0. The van der Waals surface area contributed by atoms with Crippen LogP contribution in [-0.4, -0.2) is 156 Å². The van der Waals surface area contributed by atoms with E-state index in [2.05, 4.69) is 0 Å². The van der Waals surface area contributed by atoms with Gasteiger partial charge in [0.2, 0.25) is 0 Å². The number of hydrogen-bond acceptors (Lipinski definition) is 25. The van der Waals surface area contributed by atoms with Crippen LogP contribution >= 0.6 is 0 Å². The Kier molecular flexibility index (Phi) is 48.7. The molecule has 0 amide bonds. The summed E-state index contributed by atoms with van der Waals surface area (Å²) in [7, 11) is -48.3. The van der Waals surface area contributed by atoms with E-state index in [1.165, 1.54) is 158 Å². The van der Waals surface area contributed by atoms with E-state index in [0.717, 1.165) is 0 Å². The Morgan fingerprint density at radius 3 is 0.215 bits per heavy atom. The zero-order valence-corrected chi connectivity index (χ0v) is 73.5. The molecule has 0 fully saturated rings. The topological polar surface area (TPSA) is 655 Å². The van der Waals surface area contributed by atoms with Crippen molar-refractivity contribution in [3.05, 3.63) is 364 Å². The van der Waals surface area contributed by atoms with Crippen molar-refractivity contribution in [2.45, 2.75) is 58.7 Å². The third kappa shape index (κ3) is 51.8. The van der Waals surface area contributed by atoms with Crippen LogP contribution in [0.2, 0.25) is 0 Å². The average molecular weight is 1920 g/mol. The number of hydrogen-bond donors (Lipinski definition) is 11. The second kappa shape index (κ2) is 52.8. The Balaban J connectivity index is 0.00000130. The first-order valence-electron chi connectivity index (χ1n) is 31.6. The third-order valence-electron chi connectivity index (χ3n) is 12.5. The average Bonchev–Trinajstić information content (AvgIpc) is 0.985. The normalized spacial score (nSPS) is 11.2. The Morgan fingerprint density at radius 2 is 0.182 bits per heavy atom. The summed E-state index contributed by atoms with van der Waals surface area (Å²) in [5.41, 5.74) is 0. The van der Waals surface area contributed by atoms with Crippen LogP contribution in [0.15, 0.2) is 423 Å². The zero-order chi connectivity index (χ0) is 91.4. The molecule has 49 heteroatoms. The van der Waals surface area contributed by atoms with E-state index < -0.39 is 121 Å². The molecule has 0 radical (unpaired) electrons. The van der Waals surface area contributed by atoms with Crippen molar-refractivity contribution in [3.63, 3.8) is 0 Å². The van der Waals surface area contributed by atoms with Gasteiger partial charge >= 0.3 is 29.6 Å². The van der Waals surface area contributed by atoms with Gasteiger partial charge < -0.3 is 4.55 Å². The van der Waals surface area contributed by atoms with Gasteiger partial charge in [-0.3, -0.25) is 50.1 Å². The summed E-state index contributed by atoms with van der Waals surface area (Å²) < 4.78 is 352. The molecule has 12 aromatic carbocycles. The standard InChI is InChI=1S/12C6H6O3S.Na/c12*7-10(8,9)6-4-2-1-3-5-6;/h12*1-5H,(H,7,8,9);/q;;;;;;;;;;;;+1/p-1. The van der Waals surface area contributed by atoms with Crippen LogP contribution in [0.25, 0.3) is 0 Å². The van der Waals surface area contributed by atoms with Gasteiger partial charge in [-0.05, 0) is 146 Å². The molecule has 0 aliphatic heterocycles. The van der Waals surface area contributed by atoms with Crippen molar-refractivity contribution < 1.29 is 185 Å². The molecule has 0 atom stereocenters. The van der Waals surface area contributed by atoms with Crippen molar-refractivity contribution in [1.82, 2.24) is 0 Å². The molecule has 0 saturated carbocycles. The first kappa shape index (κ1) is 112. The predicted octanol–water partition coefficient (Wildman–Crippen LogP) is 7.86. The molecule has 11 N–H and O–H groups in total. The van der Waals surface area contributed by atoms with E-state index in [1.807, 2.05) is 0 Å². The van der Waals surface area contributed by atoms with E-state index >= 15 is 0 Å². The van der Waals surface area contributed by atoms with Crippen molar-refractivity contribution in [1.29, 1.82) is 0 Å². The fourth-order valence-electron chi connectivity index (χ4n) is 7.10. The maximum atomic E-state index is 10.4. The van der Waals surface area contributed by atoms with Crippen LogP contribution in [0.1, 0.15) is 0 Å². The summed E-state index contributed by atoms with van der Waals surface area (Å²) in [5, 5.41) is 0. The summed E-state index contributed by atoms with van der Waals surface area (Å²) in [6.07, 6.45) is 0. The first-order valence-corrected chi connectivity index (χ1v) is 48.8. The molecule has 12 rings (SSSR count). The van der Waals surface area contributed by atoms with Gasteiger partial charge in [0.05, 0.1) is 58.7 Å². The zero-order valence-electron chi connectivity index (χ0n) is 61.7. The quantitative estimate of drug-likeness (QED) is 0.0409. The van der Waals surface area contributed by atoms with Gasteiger partial charge in [0.25, 0.3) is 111 Å². The molecular weight excluding hydrogens is 1850 g/mol. The minimum absolute atomic E-state index is 0. The number of rotatable bonds is 12. The van der Waals surface area contributed by atoms with Crippen LogP contribution in [0.5, 0.6) is 0 Å². The molecule has 0 saturated heterocycles. The summed E-state index contributed by atoms with van der Waals surface area (Å²) in [6.45, 7) is 0. The van der Waals surface area contributed by atoms with Crippen LogP contribution in [0.4, 0.5) is 0 Å². The molecule has 0 heterocycles.